The third-order valence-corrected chi connectivity index (χ3v) is 7.23. The molecule has 0 aliphatic rings. The Kier molecular flexibility index (Phi) is 7.68. The maximum atomic E-state index is 12.3. The number of benzene rings is 4. The predicted molar refractivity (Wildman–Crippen MR) is 164 cm³/mol. The van der Waals surface area contributed by atoms with Crippen molar-refractivity contribution in [3.63, 3.8) is 0 Å². The van der Waals surface area contributed by atoms with E-state index in [2.05, 4.69) is 27.3 Å². The number of alkyl carbamates (subject to hydrolysis) is 1. The third-order valence-electron chi connectivity index (χ3n) is 6.25. The van der Waals surface area contributed by atoms with E-state index in [9.17, 15) is 4.79 Å². The summed E-state index contributed by atoms with van der Waals surface area (Å²) in [6.07, 6.45) is -0.445. The molecule has 0 saturated carbocycles. The number of hydrogen-bond acceptors (Lipinski definition) is 3. The number of carbonyl (C=O) groups excluding carboxylic acids is 1. The van der Waals surface area contributed by atoms with Gasteiger partial charge in [-0.2, -0.15) is 0 Å². The summed E-state index contributed by atoms with van der Waals surface area (Å²) < 4.78 is 7.60. The van der Waals surface area contributed by atoms with Crippen molar-refractivity contribution in [2.24, 2.45) is 0 Å². The zero-order chi connectivity index (χ0) is 27.7. The van der Waals surface area contributed by atoms with Crippen LogP contribution in [0.1, 0.15) is 20.8 Å². The van der Waals surface area contributed by atoms with Gasteiger partial charge >= 0.3 is 6.09 Å². The van der Waals surface area contributed by atoms with Gasteiger partial charge in [-0.05, 0) is 80.9 Å². The van der Waals surface area contributed by atoms with E-state index in [4.69, 9.17) is 39.5 Å². The van der Waals surface area contributed by atoms with Gasteiger partial charge in [0.25, 0.3) is 0 Å². The lowest BCUT2D eigenvalue weighted by molar-refractivity contribution is 0.0526. The number of halogens is 3. The zero-order valence-corrected chi connectivity index (χ0v) is 24.1. The first-order valence-electron chi connectivity index (χ1n) is 12.6. The van der Waals surface area contributed by atoms with E-state index in [0.29, 0.717) is 28.2 Å². The fourth-order valence-corrected chi connectivity index (χ4v) is 5.09. The van der Waals surface area contributed by atoms with Crippen LogP contribution in [0.4, 0.5) is 16.2 Å². The first kappa shape index (κ1) is 27.2. The Labute approximate surface area is 242 Å². The number of anilines is 2. The second-order valence-corrected chi connectivity index (χ2v) is 11.5. The van der Waals surface area contributed by atoms with Gasteiger partial charge in [0.15, 0.2) is 0 Å². The fourth-order valence-electron chi connectivity index (χ4n) is 4.62. The molecule has 5 rings (SSSR count). The molecule has 1 amide bonds. The van der Waals surface area contributed by atoms with Crippen molar-refractivity contribution in [3.8, 4) is 11.1 Å². The van der Waals surface area contributed by atoms with Crippen molar-refractivity contribution in [2.75, 3.05) is 11.9 Å². The summed E-state index contributed by atoms with van der Waals surface area (Å²) in [5.74, 6) is 0. The first-order valence-corrected chi connectivity index (χ1v) is 13.7. The Morgan fingerprint density at radius 3 is 2.31 bits per heavy atom. The minimum Gasteiger partial charge on any atom is -0.444 e. The molecule has 1 heterocycles. The molecular formula is C31H28Cl3N3O2. The molecule has 0 radical (unpaired) electrons. The summed E-state index contributed by atoms with van der Waals surface area (Å²) in [6.45, 7) is 6.46. The summed E-state index contributed by atoms with van der Waals surface area (Å²) in [5.41, 5.74) is 5.21. The number of aromatic nitrogens is 1. The number of carbonyl (C=O) groups is 1. The van der Waals surface area contributed by atoms with Gasteiger partial charge < -0.3 is 19.9 Å². The Bertz CT molecular complexity index is 1670. The van der Waals surface area contributed by atoms with Crippen LogP contribution in [0.5, 0.6) is 0 Å². The molecule has 5 nitrogen and oxygen atoms in total. The molecule has 8 heteroatoms. The van der Waals surface area contributed by atoms with Crippen LogP contribution in [0.2, 0.25) is 15.1 Å². The van der Waals surface area contributed by atoms with Gasteiger partial charge in [-0.15, -0.1) is 0 Å². The lowest BCUT2D eigenvalue weighted by atomic mass is 10.00. The molecule has 1 aromatic heterocycles. The van der Waals surface area contributed by atoms with Gasteiger partial charge in [0.2, 0.25) is 0 Å². The normalized spacial score (nSPS) is 11.6. The molecule has 0 atom stereocenters. The van der Waals surface area contributed by atoms with Crippen molar-refractivity contribution in [3.05, 3.63) is 93.9 Å². The van der Waals surface area contributed by atoms with E-state index >= 15 is 0 Å². The molecule has 0 bridgehead atoms. The highest BCUT2D eigenvalue weighted by Crippen LogP contribution is 2.40. The van der Waals surface area contributed by atoms with E-state index in [1.807, 2.05) is 81.4 Å². The lowest BCUT2D eigenvalue weighted by Gasteiger charge is -2.20. The van der Waals surface area contributed by atoms with Crippen LogP contribution in [-0.4, -0.2) is 22.8 Å². The number of nitrogens with zero attached hydrogens (tertiary/aromatic N) is 1. The summed E-state index contributed by atoms with van der Waals surface area (Å²) in [4.78, 5) is 12.3. The van der Waals surface area contributed by atoms with Crippen molar-refractivity contribution in [2.45, 2.75) is 32.9 Å². The molecule has 0 fully saturated rings. The molecule has 0 spiro atoms. The quantitative estimate of drug-likeness (QED) is 0.210. The minimum absolute atomic E-state index is 0.395. The number of nitrogens with one attached hydrogen (secondary N) is 2. The highest BCUT2D eigenvalue weighted by molar-refractivity contribution is 6.42. The maximum Gasteiger partial charge on any atom is 0.407 e. The third kappa shape index (κ3) is 6.11. The van der Waals surface area contributed by atoms with Crippen molar-refractivity contribution in [1.82, 2.24) is 9.88 Å². The molecule has 5 aromatic rings. The molecule has 0 aliphatic carbocycles. The minimum atomic E-state index is -0.563. The zero-order valence-electron chi connectivity index (χ0n) is 21.8. The molecule has 0 aliphatic heterocycles. The van der Waals surface area contributed by atoms with Gasteiger partial charge in [-0.25, -0.2) is 4.79 Å². The molecule has 2 N–H and O–H groups in total. The SMILES string of the molecule is CC(C)(C)OC(=O)NCCn1c2ccc(Cl)cc2c2cc(-c3ccc(Cl)c(Cl)c3)c(Nc3ccccc3)cc21. The van der Waals surface area contributed by atoms with Crippen LogP contribution in [0.3, 0.4) is 0 Å². The average Bonchev–Trinajstić information content (AvgIpc) is 3.16. The lowest BCUT2D eigenvalue weighted by Crippen LogP contribution is -2.34. The van der Waals surface area contributed by atoms with Crippen molar-refractivity contribution >= 4 is 74.1 Å². The van der Waals surface area contributed by atoms with Crippen LogP contribution in [0.25, 0.3) is 32.9 Å². The van der Waals surface area contributed by atoms with Crippen LogP contribution in [0, 0.1) is 0 Å². The summed E-state index contributed by atoms with van der Waals surface area (Å²) in [7, 11) is 0. The first-order chi connectivity index (χ1) is 18.6. The summed E-state index contributed by atoms with van der Waals surface area (Å²) in [6, 6.07) is 25.8. The molecule has 39 heavy (non-hydrogen) atoms. The Balaban J connectivity index is 1.64. The van der Waals surface area contributed by atoms with E-state index in [-0.39, 0.29) is 0 Å². The van der Waals surface area contributed by atoms with Crippen molar-refractivity contribution in [1.29, 1.82) is 0 Å². The van der Waals surface area contributed by atoms with Crippen LogP contribution >= 0.6 is 34.8 Å². The van der Waals surface area contributed by atoms with E-state index in [1.54, 1.807) is 6.07 Å². The Morgan fingerprint density at radius 2 is 1.59 bits per heavy atom. The number of hydrogen-bond donors (Lipinski definition) is 2. The summed E-state index contributed by atoms with van der Waals surface area (Å²) >= 11 is 19.1. The number of amides is 1. The number of rotatable bonds is 6. The van der Waals surface area contributed by atoms with Gasteiger partial charge in [-0.3, -0.25) is 0 Å². The average molecular weight is 581 g/mol. The van der Waals surface area contributed by atoms with E-state index in [0.717, 1.165) is 44.3 Å². The highest BCUT2D eigenvalue weighted by atomic mass is 35.5. The van der Waals surface area contributed by atoms with Gasteiger partial charge in [-0.1, -0.05) is 59.1 Å². The predicted octanol–water partition coefficient (Wildman–Crippen LogP) is 9.69. The van der Waals surface area contributed by atoms with Gasteiger partial charge in [0.05, 0.1) is 15.6 Å². The Hall–Kier alpha value is -3.38. The fraction of sp³-hybridized carbons (Fsp3) is 0.194. The van der Waals surface area contributed by atoms with Crippen LogP contribution < -0.4 is 10.6 Å². The molecule has 0 unspecified atom stereocenters. The van der Waals surface area contributed by atoms with E-state index in [1.165, 1.54) is 0 Å². The number of fused-ring (bicyclic) bond motifs is 3. The monoisotopic (exact) mass is 579 g/mol. The summed E-state index contributed by atoms with van der Waals surface area (Å²) in [5, 5.41) is 10.1. The molecule has 4 aromatic carbocycles. The van der Waals surface area contributed by atoms with Crippen LogP contribution in [-0.2, 0) is 11.3 Å². The second kappa shape index (κ2) is 11.0. The largest absolute Gasteiger partial charge is 0.444 e. The van der Waals surface area contributed by atoms with E-state index < -0.39 is 11.7 Å². The van der Waals surface area contributed by atoms with Crippen LogP contribution in [0.15, 0.2) is 78.9 Å². The van der Waals surface area contributed by atoms with Gasteiger partial charge in [0.1, 0.15) is 5.60 Å². The smallest absolute Gasteiger partial charge is 0.407 e. The Morgan fingerprint density at radius 1 is 0.846 bits per heavy atom. The number of para-hydroxylation sites is 1. The highest BCUT2D eigenvalue weighted by Gasteiger charge is 2.18. The number of ether oxygens (including phenoxy) is 1. The van der Waals surface area contributed by atoms with Gasteiger partial charge in [0, 0.05) is 51.3 Å². The standard InChI is InChI=1S/C31H28Cl3N3O2/c1-31(2,3)39-30(38)35-13-14-37-28-12-10-20(32)16-23(28)24-17-22(19-9-11-25(33)26(34)15-19)27(18-29(24)37)36-21-7-5-4-6-8-21/h4-12,15-18,36H,13-14H2,1-3H3,(H,35,38). The molecule has 200 valence electrons. The second-order valence-electron chi connectivity index (χ2n) is 10.3. The molecule has 0 saturated heterocycles. The topological polar surface area (TPSA) is 55.3 Å². The molecular weight excluding hydrogens is 553 g/mol. The maximum absolute atomic E-state index is 12.3. The van der Waals surface area contributed by atoms with Crippen molar-refractivity contribution < 1.29 is 9.53 Å².